The van der Waals surface area contributed by atoms with Crippen molar-refractivity contribution >= 4 is 70.4 Å². The van der Waals surface area contributed by atoms with Gasteiger partial charge < -0.3 is 9.47 Å². The van der Waals surface area contributed by atoms with Crippen LogP contribution in [-0.2, 0) is 5.41 Å². The average Bonchev–Trinajstić information content (AvgIpc) is 4.15. The summed E-state index contributed by atoms with van der Waals surface area (Å²) in [6.07, 6.45) is 0. The second-order valence-electron chi connectivity index (χ2n) is 18.7. The minimum Gasteiger partial charge on any atom is -0.310 e. The summed E-state index contributed by atoms with van der Waals surface area (Å²) >= 11 is 1.87. The van der Waals surface area contributed by atoms with Crippen molar-refractivity contribution < 1.29 is 0 Å². The molecule has 0 saturated carbocycles. The number of benzene rings is 11. The first-order chi connectivity index (χ1) is 34.7. The van der Waals surface area contributed by atoms with E-state index in [-0.39, 0.29) is 0 Å². The molecule has 326 valence electrons. The van der Waals surface area contributed by atoms with Gasteiger partial charge in [0.05, 0.1) is 22.1 Å². The summed E-state index contributed by atoms with van der Waals surface area (Å²) in [6.45, 7) is 0. The highest BCUT2D eigenvalue weighted by Gasteiger charge is 2.51. The van der Waals surface area contributed by atoms with Gasteiger partial charge in [-0.15, -0.1) is 11.3 Å². The minimum atomic E-state index is -0.448. The van der Waals surface area contributed by atoms with Gasteiger partial charge in [-0.25, -0.2) is 0 Å². The number of fused-ring (bicyclic) bond motifs is 16. The third-order valence-electron chi connectivity index (χ3n) is 15.2. The Labute approximate surface area is 410 Å². The zero-order chi connectivity index (χ0) is 45.9. The molecule has 0 aliphatic heterocycles. The molecule has 1 spiro atoms. The van der Waals surface area contributed by atoms with Crippen LogP contribution in [0.2, 0.25) is 0 Å². The van der Waals surface area contributed by atoms with E-state index >= 15 is 0 Å². The lowest BCUT2D eigenvalue weighted by molar-refractivity contribution is 0.793. The molecule has 3 heteroatoms. The summed E-state index contributed by atoms with van der Waals surface area (Å²) in [6, 6.07) is 94.8. The predicted molar refractivity (Wildman–Crippen MR) is 296 cm³/mol. The highest BCUT2D eigenvalue weighted by molar-refractivity contribution is 7.25. The van der Waals surface area contributed by atoms with Gasteiger partial charge in [-0.3, -0.25) is 0 Å². The smallest absolute Gasteiger partial charge is 0.0726 e. The number of hydrogen-bond acceptors (Lipinski definition) is 2. The number of thiophene rings is 1. The van der Waals surface area contributed by atoms with Crippen molar-refractivity contribution in [2.75, 3.05) is 4.90 Å². The lowest BCUT2D eigenvalue weighted by Crippen LogP contribution is -2.26. The van der Waals surface area contributed by atoms with Crippen molar-refractivity contribution in [3.63, 3.8) is 0 Å². The van der Waals surface area contributed by atoms with Gasteiger partial charge in [0.15, 0.2) is 0 Å². The molecular weight excluding hydrogens is 865 g/mol. The second-order valence-corrected chi connectivity index (χ2v) is 19.8. The maximum Gasteiger partial charge on any atom is 0.0726 e. The van der Waals surface area contributed by atoms with Crippen LogP contribution in [0.5, 0.6) is 0 Å². The number of anilines is 3. The standard InChI is InChI=1S/C67H42N2S/c1-2-16-43(17-3-1)44-32-35-47(36-33-44)68(49-37-38-53-52-22-6-11-27-59(52)67(60(53)42-49)57-25-9-4-20-50(57)51-21-5-10-26-58(51)67)48-19-14-18-45(40-48)46-34-39-62-56(41-46)54-23-7-12-28-61(54)69(62)63-29-15-31-65-66(63)55-24-8-13-30-64(55)70-65/h1-42H. The van der Waals surface area contributed by atoms with Crippen molar-refractivity contribution in [1.82, 2.24) is 4.57 Å². The first-order valence-electron chi connectivity index (χ1n) is 24.2. The molecule has 0 radical (unpaired) electrons. The highest BCUT2D eigenvalue weighted by atomic mass is 32.1. The van der Waals surface area contributed by atoms with E-state index in [9.17, 15) is 0 Å². The molecule has 2 heterocycles. The van der Waals surface area contributed by atoms with Crippen LogP contribution >= 0.6 is 11.3 Å². The van der Waals surface area contributed by atoms with Crippen molar-refractivity contribution in [2.45, 2.75) is 5.41 Å². The van der Waals surface area contributed by atoms with Crippen molar-refractivity contribution in [3.05, 3.63) is 277 Å². The summed E-state index contributed by atoms with van der Waals surface area (Å²) in [7, 11) is 0. The Morgan fingerprint density at radius 3 is 1.60 bits per heavy atom. The number of para-hydroxylation sites is 1. The summed E-state index contributed by atoms with van der Waals surface area (Å²) < 4.78 is 5.10. The van der Waals surface area contributed by atoms with Gasteiger partial charge in [0.2, 0.25) is 0 Å². The van der Waals surface area contributed by atoms with Gasteiger partial charge in [0.1, 0.15) is 0 Å². The Morgan fingerprint density at radius 2 is 0.843 bits per heavy atom. The van der Waals surface area contributed by atoms with E-state index in [2.05, 4.69) is 264 Å². The molecule has 0 unspecified atom stereocenters. The van der Waals surface area contributed by atoms with Gasteiger partial charge in [-0.05, 0) is 140 Å². The highest BCUT2D eigenvalue weighted by Crippen LogP contribution is 2.63. The molecule has 2 aliphatic rings. The molecule has 0 saturated heterocycles. The van der Waals surface area contributed by atoms with Gasteiger partial charge in [-0.2, -0.15) is 0 Å². The maximum atomic E-state index is 2.49. The lowest BCUT2D eigenvalue weighted by Gasteiger charge is -2.32. The zero-order valence-electron chi connectivity index (χ0n) is 38.1. The van der Waals surface area contributed by atoms with Gasteiger partial charge in [0, 0.05) is 48.0 Å². The summed E-state index contributed by atoms with van der Waals surface area (Å²) in [4.78, 5) is 2.46. The summed E-state index contributed by atoms with van der Waals surface area (Å²) in [5, 5.41) is 5.10. The quantitative estimate of drug-likeness (QED) is 0.161. The molecule has 0 amide bonds. The molecule has 70 heavy (non-hydrogen) atoms. The van der Waals surface area contributed by atoms with E-state index in [1.807, 2.05) is 11.3 Å². The zero-order valence-corrected chi connectivity index (χ0v) is 38.9. The van der Waals surface area contributed by atoms with Crippen LogP contribution in [0.4, 0.5) is 17.1 Å². The van der Waals surface area contributed by atoms with E-state index in [1.165, 1.54) is 109 Å². The van der Waals surface area contributed by atoms with Crippen molar-refractivity contribution in [2.24, 2.45) is 0 Å². The Balaban J connectivity index is 0.914. The molecule has 0 bridgehead atoms. The Hall–Kier alpha value is -8.76. The number of hydrogen-bond donors (Lipinski definition) is 0. The number of nitrogens with zero attached hydrogens (tertiary/aromatic N) is 2. The van der Waals surface area contributed by atoms with Crippen LogP contribution < -0.4 is 4.90 Å². The lowest BCUT2D eigenvalue weighted by atomic mass is 9.70. The van der Waals surface area contributed by atoms with Crippen LogP contribution in [-0.4, -0.2) is 4.57 Å². The fourth-order valence-electron chi connectivity index (χ4n) is 12.3. The second kappa shape index (κ2) is 15.1. The largest absolute Gasteiger partial charge is 0.310 e. The summed E-state index contributed by atoms with van der Waals surface area (Å²) in [5.74, 6) is 0. The molecular formula is C67H42N2S. The predicted octanol–water partition coefficient (Wildman–Crippen LogP) is 18.3. The third kappa shape index (κ3) is 5.55. The molecule has 11 aromatic carbocycles. The fourth-order valence-corrected chi connectivity index (χ4v) is 13.4. The third-order valence-corrected chi connectivity index (χ3v) is 16.3. The summed E-state index contributed by atoms with van der Waals surface area (Å²) in [5.41, 5.74) is 21.8. The Morgan fingerprint density at radius 1 is 0.314 bits per heavy atom. The van der Waals surface area contributed by atoms with Crippen LogP contribution in [0.1, 0.15) is 22.3 Å². The first kappa shape index (κ1) is 39.3. The van der Waals surface area contributed by atoms with Crippen LogP contribution in [0.3, 0.4) is 0 Å². The van der Waals surface area contributed by atoms with E-state index in [0.717, 1.165) is 22.6 Å². The Kier molecular flexibility index (Phi) is 8.48. The molecule has 0 N–H and O–H groups in total. The Bertz CT molecular complexity index is 4190. The monoisotopic (exact) mass is 906 g/mol. The maximum absolute atomic E-state index is 2.49. The molecule has 13 aromatic rings. The van der Waals surface area contributed by atoms with Gasteiger partial charge >= 0.3 is 0 Å². The minimum absolute atomic E-state index is 0.448. The molecule has 0 atom stereocenters. The van der Waals surface area contributed by atoms with Crippen molar-refractivity contribution in [1.29, 1.82) is 0 Å². The van der Waals surface area contributed by atoms with Crippen molar-refractivity contribution in [3.8, 4) is 50.2 Å². The van der Waals surface area contributed by atoms with Crippen LogP contribution in [0.15, 0.2) is 255 Å². The first-order valence-corrected chi connectivity index (χ1v) is 25.0. The number of rotatable bonds is 6. The average molecular weight is 907 g/mol. The topological polar surface area (TPSA) is 8.17 Å². The fraction of sp³-hybridized carbons (Fsp3) is 0.0149. The van der Waals surface area contributed by atoms with Gasteiger partial charge in [-0.1, -0.05) is 182 Å². The van der Waals surface area contributed by atoms with E-state index in [4.69, 9.17) is 0 Å². The van der Waals surface area contributed by atoms with Crippen LogP contribution in [0.25, 0.3) is 92.2 Å². The van der Waals surface area contributed by atoms with E-state index in [1.54, 1.807) is 0 Å². The molecule has 2 aromatic heterocycles. The van der Waals surface area contributed by atoms with Crippen LogP contribution in [0, 0.1) is 0 Å². The molecule has 15 rings (SSSR count). The van der Waals surface area contributed by atoms with E-state index in [0.29, 0.717) is 0 Å². The molecule has 2 aliphatic carbocycles. The molecule has 2 nitrogen and oxygen atoms in total. The van der Waals surface area contributed by atoms with E-state index < -0.39 is 5.41 Å². The SMILES string of the molecule is c1ccc(-c2ccc(N(c3cccc(-c4ccc5c(c4)c4ccccc4n5-c4cccc5sc6ccccc6c45)c3)c3ccc4c(c3)C3(c5ccccc5-c5ccccc53)c3ccccc3-4)cc2)cc1. The van der Waals surface area contributed by atoms with Gasteiger partial charge in [0.25, 0.3) is 0 Å². The number of aromatic nitrogens is 1. The normalized spacial score (nSPS) is 13.0. The molecule has 0 fully saturated rings.